The number of anilines is 3. The summed E-state index contributed by atoms with van der Waals surface area (Å²) >= 11 is 6.00. The maximum atomic E-state index is 15.7. The van der Waals surface area contributed by atoms with Crippen molar-refractivity contribution < 1.29 is 14.0 Å². The third kappa shape index (κ3) is 4.42. The Morgan fingerprint density at radius 1 is 1.14 bits per heavy atom. The smallest absolute Gasteiger partial charge is 0.257 e. The van der Waals surface area contributed by atoms with Crippen LogP contribution in [0.25, 0.3) is 11.3 Å². The van der Waals surface area contributed by atoms with E-state index in [0.29, 0.717) is 35.3 Å². The first-order chi connectivity index (χ1) is 17.6. The van der Waals surface area contributed by atoms with Crippen LogP contribution in [0.2, 0.25) is 5.02 Å². The zero-order valence-corrected chi connectivity index (χ0v) is 21.2. The van der Waals surface area contributed by atoms with Crippen LogP contribution >= 0.6 is 11.6 Å². The first kappa shape index (κ1) is 24.5. The van der Waals surface area contributed by atoms with Crippen molar-refractivity contribution in [2.24, 2.45) is 5.73 Å². The van der Waals surface area contributed by atoms with Crippen LogP contribution in [0, 0.1) is 26.6 Å². The van der Waals surface area contributed by atoms with Crippen molar-refractivity contribution in [3.8, 4) is 11.3 Å². The summed E-state index contributed by atoms with van der Waals surface area (Å²) in [5, 5.41) is 11.0. The molecule has 0 fully saturated rings. The summed E-state index contributed by atoms with van der Waals surface area (Å²) in [5.41, 5.74) is 9.88. The number of nitrogens with zero attached hydrogens (tertiary/aromatic N) is 3. The number of pyridine rings is 1. The van der Waals surface area contributed by atoms with Crippen LogP contribution in [0.5, 0.6) is 0 Å². The second-order valence-electron chi connectivity index (χ2n) is 9.01. The highest BCUT2D eigenvalue weighted by Crippen LogP contribution is 2.36. The lowest BCUT2D eigenvalue weighted by atomic mass is 9.99. The van der Waals surface area contributed by atoms with Gasteiger partial charge in [-0.3, -0.25) is 9.59 Å². The number of hydrogen-bond acceptors (Lipinski definition) is 5. The van der Waals surface area contributed by atoms with Crippen molar-refractivity contribution in [2.75, 3.05) is 10.6 Å². The summed E-state index contributed by atoms with van der Waals surface area (Å²) in [7, 11) is 0. The number of nitrogens with two attached hydrogens (primary N) is 1. The first-order valence-corrected chi connectivity index (χ1v) is 12.0. The highest BCUT2D eigenvalue weighted by molar-refractivity contribution is 6.31. The Labute approximate surface area is 217 Å². The Kier molecular flexibility index (Phi) is 6.16. The van der Waals surface area contributed by atoms with E-state index in [-0.39, 0.29) is 27.9 Å². The maximum Gasteiger partial charge on any atom is 0.257 e. The molecule has 10 heteroatoms. The third-order valence-corrected chi connectivity index (χ3v) is 6.85. The van der Waals surface area contributed by atoms with Gasteiger partial charge in [0.25, 0.3) is 11.8 Å². The van der Waals surface area contributed by atoms with Gasteiger partial charge in [-0.1, -0.05) is 29.3 Å². The van der Waals surface area contributed by atoms with Gasteiger partial charge in [-0.15, -0.1) is 0 Å². The molecule has 188 valence electrons. The monoisotopic (exact) mass is 518 g/mol. The van der Waals surface area contributed by atoms with E-state index in [0.717, 1.165) is 16.8 Å². The Bertz CT molecular complexity index is 1600. The van der Waals surface area contributed by atoms with Gasteiger partial charge in [0.15, 0.2) is 0 Å². The summed E-state index contributed by atoms with van der Waals surface area (Å²) < 4.78 is 17.3. The van der Waals surface area contributed by atoms with Crippen molar-refractivity contribution in [1.82, 2.24) is 14.8 Å². The molecule has 4 aromatic rings. The molecule has 8 nitrogen and oxygen atoms in total. The van der Waals surface area contributed by atoms with Gasteiger partial charge in [-0.25, -0.2) is 14.1 Å². The van der Waals surface area contributed by atoms with Gasteiger partial charge < -0.3 is 16.4 Å². The van der Waals surface area contributed by atoms with Crippen molar-refractivity contribution in [1.29, 1.82) is 0 Å². The number of carbonyl (C=O) groups is 2. The number of aryl methyl sites for hydroxylation is 4. The van der Waals surface area contributed by atoms with Gasteiger partial charge in [0.2, 0.25) is 0 Å². The van der Waals surface area contributed by atoms with Crippen LogP contribution in [0.1, 0.15) is 43.1 Å². The minimum Gasteiger partial charge on any atom is -0.365 e. The maximum absolute atomic E-state index is 15.7. The van der Waals surface area contributed by atoms with Gasteiger partial charge in [-0.05, 0) is 68.7 Å². The number of rotatable bonds is 4. The Balaban J connectivity index is 1.53. The van der Waals surface area contributed by atoms with E-state index in [9.17, 15) is 9.59 Å². The molecule has 0 spiro atoms. The Morgan fingerprint density at radius 2 is 1.92 bits per heavy atom. The molecule has 0 saturated carbocycles. The number of carbonyl (C=O) groups excluding carboxylic acids is 2. The van der Waals surface area contributed by atoms with Gasteiger partial charge in [0.1, 0.15) is 28.7 Å². The molecule has 1 aliphatic heterocycles. The summed E-state index contributed by atoms with van der Waals surface area (Å²) in [6, 6.07) is 12.1. The zero-order valence-electron chi connectivity index (χ0n) is 20.4. The first-order valence-electron chi connectivity index (χ1n) is 11.6. The molecule has 37 heavy (non-hydrogen) atoms. The fourth-order valence-electron chi connectivity index (χ4n) is 4.49. The molecular weight excluding hydrogens is 495 g/mol. The van der Waals surface area contributed by atoms with E-state index >= 15 is 4.39 Å². The van der Waals surface area contributed by atoms with Crippen LogP contribution in [0.3, 0.4) is 0 Å². The fourth-order valence-corrected chi connectivity index (χ4v) is 4.59. The number of benzene rings is 2. The molecule has 0 radical (unpaired) electrons. The Morgan fingerprint density at radius 3 is 2.65 bits per heavy atom. The SMILES string of the molecule is Cc1ccc2c(c1)CCn1nc(-c3ccc(C(=O)Nc4ccc(Cl)c(C)n4)c(C)c3F)c(C(N)=O)c1N2. The molecular formula is C27H24ClFN6O2. The molecule has 4 N–H and O–H groups in total. The second kappa shape index (κ2) is 9.33. The molecule has 2 aromatic carbocycles. The second-order valence-corrected chi connectivity index (χ2v) is 9.42. The number of nitrogens with one attached hydrogen (secondary N) is 2. The van der Waals surface area contributed by atoms with Crippen LogP contribution in [0.4, 0.5) is 21.7 Å². The van der Waals surface area contributed by atoms with Gasteiger partial charge in [-0.2, -0.15) is 5.10 Å². The predicted molar refractivity (Wildman–Crippen MR) is 141 cm³/mol. The molecule has 0 atom stereocenters. The van der Waals surface area contributed by atoms with Crippen LogP contribution < -0.4 is 16.4 Å². The van der Waals surface area contributed by atoms with E-state index < -0.39 is 17.6 Å². The molecule has 3 heterocycles. The fraction of sp³-hybridized carbons (Fsp3) is 0.185. The highest BCUT2D eigenvalue weighted by atomic mass is 35.5. The topological polar surface area (TPSA) is 115 Å². The third-order valence-electron chi connectivity index (χ3n) is 6.45. The van der Waals surface area contributed by atoms with Crippen LogP contribution in [-0.4, -0.2) is 26.6 Å². The number of fused-ring (bicyclic) bond motifs is 2. The normalized spacial score (nSPS) is 12.2. The van der Waals surface area contributed by atoms with E-state index in [1.165, 1.54) is 19.1 Å². The van der Waals surface area contributed by atoms with Crippen molar-refractivity contribution in [3.05, 3.63) is 86.8 Å². The average Bonchev–Trinajstić information content (AvgIpc) is 3.11. The van der Waals surface area contributed by atoms with E-state index in [1.54, 1.807) is 23.7 Å². The lowest BCUT2D eigenvalue weighted by Gasteiger charge is -2.12. The highest BCUT2D eigenvalue weighted by Gasteiger charge is 2.28. The van der Waals surface area contributed by atoms with E-state index in [4.69, 9.17) is 17.3 Å². The quantitative estimate of drug-likeness (QED) is 0.338. The van der Waals surface area contributed by atoms with E-state index in [1.807, 2.05) is 19.1 Å². The van der Waals surface area contributed by atoms with Crippen LogP contribution in [-0.2, 0) is 13.0 Å². The Hall–Kier alpha value is -4.24. The summed E-state index contributed by atoms with van der Waals surface area (Å²) in [4.78, 5) is 29.7. The predicted octanol–water partition coefficient (Wildman–Crippen LogP) is 5.31. The molecule has 0 bridgehead atoms. The summed E-state index contributed by atoms with van der Waals surface area (Å²) in [6.07, 6.45) is 0.676. The minimum absolute atomic E-state index is 0.0785. The van der Waals surface area contributed by atoms with Gasteiger partial charge in [0.05, 0.1) is 10.7 Å². The molecule has 2 amide bonds. The summed E-state index contributed by atoms with van der Waals surface area (Å²) in [6.45, 7) is 5.71. The average molecular weight is 519 g/mol. The molecule has 0 unspecified atom stereocenters. The van der Waals surface area contributed by atoms with Crippen molar-refractivity contribution >= 4 is 40.7 Å². The molecule has 5 rings (SSSR count). The number of amides is 2. The minimum atomic E-state index is -0.734. The van der Waals surface area contributed by atoms with E-state index in [2.05, 4.69) is 26.8 Å². The van der Waals surface area contributed by atoms with Crippen molar-refractivity contribution in [3.63, 3.8) is 0 Å². The number of hydrogen-bond donors (Lipinski definition) is 3. The number of primary amides is 1. The van der Waals surface area contributed by atoms with Crippen LogP contribution in [0.15, 0.2) is 42.5 Å². The number of aromatic nitrogens is 3. The standard InChI is InChI=1S/C27H24ClFN6O2/c1-13-4-8-20-16(12-13)10-11-35-26(32-20)22(25(30)36)24(34-35)18-6-5-17(14(2)23(18)29)27(37)33-21-9-7-19(28)15(3)31-21/h4-9,12,32H,10-11H2,1-3H3,(H2,30,36)(H,31,33,37). The summed E-state index contributed by atoms with van der Waals surface area (Å²) in [5.74, 6) is -1.22. The molecule has 2 aromatic heterocycles. The zero-order chi connectivity index (χ0) is 26.4. The van der Waals surface area contributed by atoms with Gasteiger partial charge >= 0.3 is 0 Å². The lowest BCUT2D eigenvalue weighted by Crippen LogP contribution is -2.16. The molecule has 0 saturated heterocycles. The van der Waals surface area contributed by atoms with Gasteiger partial charge in [0, 0.05) is 23.4 Å². The number of halogens is 2. The largest absolute Gasteiger partial charge is 0.365 e. The lowest BCUT2D eigenvalue weighted by molar-refractivity contribution is 0.0998. The molecule has 0 aliphatic carbocycles. The molecule has 1 aliphatic rings. The van der Waals surface area contributed by atoms with Crippen molar-refractivity contribution in [2.45, 2.75) is 33.7 Å².